The summed E-state index contributed by atoms with van der Waals surface area (Å²) in [5, 5.41) is 4.68. The quantitative estimate of drug-likeness (QED) is 0.515. The van der Waals surface area contributed by atoms with E-state index in [9.17, 15) is 0 Å². The highest BCUT2D eigenvalue weighted by molar-refractivity contribution is 5.67. The minimum atomic E-state index is 0.474. The Hall–Kier alpha value is -3.74. The highest BCUT2D eigenvalue weighted by Crippen LogP contribution is 2.30. The maximum Gasteiger partial charge on any atom is 0.184 e. The Labute approximate surface area is 162 Å². The molecule has 0 aliphatic heterocycles. The van der Waals surface area contributed by atoms with Gasteiger partial charge < -0.3 is 9.47 Å². The number of hydrogen-bond donors (Lipinski definition) is 0. The van der Waals surface area contributed by atoms with Gasteiger partial charge in [0.05, 0.1) is 26.5 Å². The summed E-state index contributed by atoms with van der Waals surface area (Å²) in [6.45, 7) is 0.474. The van der Waals surface area contributed by atoms with E-state index in [4.69, 9.17) is 9.47 Å². The van der Waals surface area contributed by atoms with E-state index < -0.39 is 0 Å². The molecule has 0 aliphatic rings. The highest BCUT2D eigenvalue weighted by Gasteiger charge is 2.13. The van der Waals surface area contributed by atoms with Crippen LogP contribution in [0.15, 0.2) is 67.3 Å². The van der Waals surface area contributed by atoms with Gasteiger partial charge in [0.15, 0.2) is 17.3 Å². The fourth-order valence-electron chi connectivity index (χ4n) is 2.99. The van der Waals surface area contributed by atoms with Crippen LogP contribution in [0.4, 0.5) is 0 Å². The molecule has 4 aromatic rings. The van der Waals surface area contributed by atoms with Gasteiger partial charge in [0.25, 0.3) is 0 Å². The fraction of sp³-hybridized carbons (Fsp3) is 0.143. The van der Waals surface area contributed by atoms with Crippen LogP contribution in [-0.2, 0) is 6.54 Å². The van der Waals surface area contributed by atoms with Crippen molar-refractivity contribution in [1.29, 1.82) is 0 Å². The van der Waals surface area contributed by atoms with Crippen molar-refractivity contribution in [3.05, 3.63) is 72.9 Å². The lowest BCUT2D eigenvalue weighted by atomic mass is 10.1. The largest absolute Gasteiger partial charge is 0.493 e. The van der Waals surface area contributed by atoms with E-state index in [-0.39, 0.29) is 0 Å². The van der Waals surface area contributed by atoms with Gasteiger partial charge in [-0.25, -0.2) is 9.97 Å². The van der Waals surface area contributed by atoms with Gasteiger partial charge in [-0.2, -0.15) is 5.10 Å². The van der Waals surface area contributed by atoms with Crippen molar-refractivity contribution in [2.24, 2.45) is 0 Å². The van der Waals surface area contributed by atoms with Crippen molar-refractivity contribution < 1.29 is 9.47 Å². The molecule has 0 N–H and O–H groups in total. The van der Waals surface area contributed by atoms with Crippen molar-refractivity contribution >= 4 is 0 Å². The van der Waals surface area contributed by atoms with Crippen LogP contribution in [0.1, 0.15) is 5.69 Å². The molecule has 0 amide bonds. The number of methoxy groups -OCH3 is 2. The predicted octanol–water partition coefficient (Wildman–Crippen LogP) is 3.47. The number of hydrogen-bond acceptors (Lipinski definition) is 6. The Kier molecular flexibility index (Phi) is 4.97. The summed E-state index contributed by atoms with van der Waals surface area (Å²) in [6, 6.07) is 13.6. The van der Waals surface area contributed by atoms with Crippen LogP contribution in [-0.4, -0.2) is 39.0 Å². The zero-order valence-corrected chi connectivity index (χ0v) is 15.6. The van der Waals surface area contributed by atoms with Gasteiger partial charge in [-0.3, -0.25) is 9.67 Å². The first-order valence-electron chi connectivity index (χ1n) is 8.75. The van der Waals surface area contributed by atoms with E-state index in [0.717, 1.165) is 22.5 Å². The minimum absolute atomic E-state index is 0.474. The van der Waals surface area contributed by atoms with Crippen LogP contribution < -0.4 is 9.47 Å². The number of benzene rings is 1. The topological polar surface area (TPSA) is 75.0 Å². The van der Waals surface area contributed by atoms with E-state index in [1.807, 2.05) is 41.2 Å². The van der Waals surface area contributed by atoms with Gasteiger partial charge in [-0.15, -0.1) is 0 Å². The molecule has 0 spiro atoms. The smallest absolute Gasteiger partial charge is 0.184 e. The average Bonchev–Trinajstić information content (AvgIpc) is 3.23. The van der Waals surface area contributed by atoms with Crippen molar-refractivity contribution in [2.75, 3.05) is 14.2 Å². The molecular formula is C21H19N5O2. The van der Waals surface area contributed by atoms with Crippen molar-refractivity contribution in [2.45, 2.75) is 6.54 Å². The van der Waals surface area contributed by atoms with E-state index in [1.165, 1.54) is 0 Å². The van der Waals surface area contributed by atoms with Crippen LogP contribution in [0.2, 0.25) is 0 Å². The molecule has 3 aromatic heterocycles. The lowest BCUT2D eigenvalue weighted by Gasteiger charge is -2.11. The molecule has 0 saturated carbocycles. The standard InChI is InChI=1S/C21H19N5O2/c1-27-19-7-11-22-18(20(19)28-2)14-26-12-8-17(25-26)15-5-3-6-16(13-15)21-23-9-4-10-24-21/h3-13H,14H2,1-2H3. The third-order valence-corrected chi connectivity index (χ3v) is 4.30. The van der Waals surface area contributed by atoms with Crippen LogP contribution >= 0.6 is 0 Å². The van der Waals surface area contributed by atoms with Crippen LogP contribution in [0.25, 0.3) is 22.6 Å². The van der Waals surface area contributed by atoms with E-state index >= 15 is 0 Å². The summed E-state index contributed by atoms with van der Waals surface area (Å²) < 4.78 is 12.6. The fourth-order valence-corrected chi connectivity index (χ4v) is 2.99. The third-order valence-electron chi connectivity index (χ3n) is 4.30. The molecule has 0 bridgehead atoms. The molecule has 28 heavy (non-hydrogen) atoms. The number of rotatable bonds is 6. The normalized spacial score (nSPS) is 10.6. The summed E-state index contributed by atoms with van der Waals surface area (Å²) in [4.78, 5) is 13.0. The maximum absolute atomic E-state index is 5.45. The average molecular weight is 373 g/mol. The Bertz CT molecular complexity index is 1080. The van der Waals surface area contributed by atoms with Gasteiger partial charge in [-0.1, -0.05) is 18.2 Å². The molecule has 4 rings (SSSR count). The van der Waals surface area contributed by atoms with E-state index in [2.05, 4.69) is 20.1 Å². The Morgan fingerprint density at radius 3 is 2.46 bits per heavy atom. The molecule has 1 aromatic carbocycles. The summed E-state index contributed by atoms with van der Waals surface area (Å²) in [5.74, 6) is 1.95. The number of ether oxygens (including phenoxy) is 2. The Balaban J connectivity index is 1.61. The van der Waals surface area contributed by atoms with Crippen molar-refractivity contribution in [3.8, 4) is 34.1 Å². The Morgan fingerprint density at radius 2 is 1.68 bits per heavy atom. The van der Waals surface area contributed by atoms with Crippen molar-refractivity contribution in [1.82, 2.24) is 24.7 Å². The van der Waals surface area contributed by atoms with Crippen LogP contribution in [0.5, 0.6) is 11.5 Å². The first-order chi connectivity index (χ1) is 13.8. The molecule has 7 heteroatoms. The van der Waals surface area contributed by atoms with Gasteiger partial charge >= 0.3 is 0 Å². The SMILES string of the molecule is COc1ccnc(Cn2ccc(-c3cccc(-c4ncccn4)c3)n2)c1OC. The predicted molar refractivity (Wildman–Crippen MR) is 105 cm³/mol. The number of aromatic nitrogens is 5. The molecule has 0 aliphatic carbocycles. The number of pyridine rings is 1. The number of nitrogens with zero attached hydrogens (tertiary/aromatic N) is 5. The second-order valence-electron chi connectivity index (χ2n) is 6.04. The summed E-state index contributed by atoms with van der Waals surface area (Å²) in [7, 11) is 3.21. The lowest BCUT2D eigenvalue weighted by molar-refractivity contribution is 0.348. The molecule has 3 heterocycles. The van der Waals surface area contributed by atoms with Crippen LogP contribution in [0, 0.1) is 0 Å². The molecule has 0 radical (unpaired) electrons. The maximum atomic E-state index is 5.45. The molecular weight excluding hydrogens is 354 g/mol. The van der Waals surface area contributed by atoms with Gasteiger partial charge in [0.1, 0.15) is 5.69 Å². The third kappa shape index (κ3) is 3.55. The summed E-state index contributed by atoms with van der Waals surface area (Å²) in [5.41, 5.74) is 3.56. The van der Waals surface area contributed by atoms with E-state index in [0.29, 0.717) is 23.9 Å². The zero-order valence-electron chi connectivity index (χ0n) is 15.6. The Morgan fingerprint density at radius 1 is 0.857 bits per heavy atom. The first-order valence-corrected chi connectivity index (χ1v) is 8.75. The minimum Gasteiger partial charge on any atom is -0.493 e. The second-order valence-corrected chi connectivity index (χ2v) is 6.04. The lowest BCUT2D eigenvalue weighted by Crippen LogP contribution is -2.05. The monoisotopic (exact) mass is 373 g/mol. The first kappa shape index (κ1) is 17.7. The van der Waals surface area contributed by atoms with E-state index in [1.54, 1.807) is 44.9 Å². The zero-order chi connectivity index (χ0) is 19.3. The summed E-state index contributed by atoms with van der Waals surface area (Å²) in [6.07, 6.45) is 7.09. The molecule has 0 fully saturated rings. The van der Waals surface area contributed by atoms with Crippen molar-refractivity contribution in [3.63, 3.8) is 0 Å². The second kappa shape index (κ2) is 7.87. The molecule has 0 unspecified atom stereocenters. The highest BCUT2D eigenvalue weighted by atomic mass is 16.5. The molecule has 7 nitrogen and oxygen atoms in total. The molecule has 140 valence electrons. The summed E-state index contributed by atoms with van der Waals surface area (Å²) >= 11 is 0. The van der Waals surface area contributed by atoms with Crippen LogP contribution in [0.3, 0.4) is 0 Å². The van der Waals surface area contributed by atoms with Gasteiger partial charge in [-0.05, 0) is 18.2 Å². The van der Waals surface area contributed by atoms with Gasteiger partial charge in [0.2, 0.25) is 0 Å². The molecule has 0 atom stereocenters. The molecule has 0 saturated heterocycles. The van der Waals surface area contributed by atoms with Gasteiger partial charge in [0, 0.05) is 42.0 Å².